The van der Waals surface area contributed by atoms with Crippen molar-refractivity contribution in [2.24, 2.45) is 0 Å². The second-order valence-electron chi connectivity index (χ2n) is 6.25. The van der Waals surface area contributed by atoms with Gasteiger partial charge in [0.25, 0.3) is 0 Å². The van der Waals surface area contributed by atoms with Gasteiger partial charge in [0.15, 0.2) is 0 Å². The van der Waals surface area contributed by atoms with Crippen molar-refractivity contribution in [1.29, 1.82) is 0 Å². The summed E-state index contributed by atoms with van der Waals surface area (Å²) in [6.45, 7) is 0.261. The van der Waals surface area contributed by atoms with Gasteiger partial charge in [0.05, 0.1) is 18.2 Å². The molecule has 0 amide bonds. The number of ether oxygens (including phenoxy) is 1. The van der Waals surface area contributed by atoms with E-state index >= 15 is 0 Å². The summed E-state index contributed by atoms with van der Waals surface area (Å²) in [6.07, 6.45) is -3.04. The number of nitrogens with one attached hydrogen (secondary N) is 1. The van der Waals surface area contributed by atoms with E-state index in [1.54, 1.807) is 7.05 Å². The number of rotatable bonds is 6. The molecule has 0 saturated carbocycles. The smallest absolute Gasteiger partial charge is 0.416 e. The van der Waals surface area contributed by atoms with Gasteiger partial charge in [-0.05, 0) is 37.2 Å². The van der Waals surface area contributed by atoms with Crippen LogP contribution in [0.1, 0.15) is 11.1 Å². The predicted octanol–water partition coefficient (Wildman–Crippen LogP) is 5.87. The number of halogens is 6. The third kappa shape index (κ3) is 4.44. The molecule has 0 spiro atoms. The zero-order valence-electron chi connectivity index (χ0n) is 15.8. The zero-order valence-corrected chi connectivity index (χ0v) is 16.6. The van der Waals surface area contributed by atoms with Gasteiger partial charge in [-0.25, -0.2) is 13.2 Å². The van der Waals surface area contributed by atoms with Crippen LogP contribution in [-0.2, 0) is 12.7 Å². The standard InChI is InChI=1S/C20H16F6N2OS/c1-27-9-11-10-28(30-14-5-3-4-12(6-14)20(24,25)26)18(19(11)29-2)17-15(22)7-13(21)8-16(17)23/h3-8,10,27H,9H2,1-2H3. The van der Waals surface area contributed by atoms with Gasteiger partial charge in [0, 0.05) is 35.3 Å². The van der Waals surface area contributed by atoms with Crippen LogP contribution in [-0.4, -0.2) is 18.1 Å². The fraction of sp³-hybridized carbons (Fsp3) is 0.200. The lowest BCUT2D eigenvalue weighted by molar-refractivity contribution is -0.137. The average Bonchev–Trinajstić information content (AvgIpc) is 2.97. The quantitative estimate of drug-likeness (QED) is 0.480. The Morgan fingerprint density at radius 3 is 2.30 bits per heavy atom. The van der Waals surface area contributed by atoms with E-state index in [9.17, 15) is 26.3 Å². The molecule has 0 radical (unpaired) electrons. The molecule has 0 fully saturated rings. The van der Waals surface area contributed by atoms with Gasteiger partial charge in [0.1, 0.15) is 28.9 Å². The Kier molecular flexibility index (Phi) is 6.37. The molecule has 0 atom stereocenters. The van der Waals surface area contributed by atoms with Crippen molar-refractivity contribution in [2.75, 3.05) is 14.2 Å². The van der Waals surface area contributed by atoms with Crippen molar-refractivity contribution in [2.45, 2.75) is 17.6 Å². The van der Waals surface area contributed by atoms with Crippen LogP contribution in [0.25, 0.3) is 11.3 Å². The molecule has 3 aromatic rings. The SMILES string of the molecule is CNCc1cn(Sc2cccc(C(F)(F)F)c2)c(-c2c(F)cc(F)cc2F)c1OC. The van der Waals surface area contributed by atoms with Gasteiger partial charge in [-0.15, -0.1) is 0 Å². The van der Waals surface area contributed by atoms with E-state index in [1.807, 2.05) is 0 Å². The number of hydrogen-bond donors (Lipinski definition) is 1. The summed E-state index contributed by atoms with van der Waals surface area (Å²) in [5.74, 6) is -3.29. The Morgan fingerprint density at radius 2 is 1.73 bits per heavy atom. The first-order valence-corrected chi connectivity index (χ1v) is 9.36. The molecule has 3 nitrogen and oxygen atoms in total. The topological polar surface area (TPSA) is 26.2 Å². The first-order chi connectivity index (χ1) is 14.2. The molecule has 30 heavy (non-hydrogen) atoms. The number of benzene rings is 2. The molecule has 10 heteroatoms. The Hall–Kier alpha value is -2.59. The minimum Gasteiger partial charge on any atom is -0.494 e. The fourth-order valence-corrected chi connectivity index (χ4v) is 3.96. The number of methoxy groups -OCH3 is 1. The van der Waals surface area contributed by atoms with Crippen LogP contribution in [0.15, 0.2) is 47.5 Å². The van der Waals surface area contributed by atoms with Gasteiger partial charge in [-0.3, -0.25) is 3.97 Å². The van der Waals surface area contributed by atoms with E-state index in [0.29, 0.717) is 17.7 Å². The molecule has 3 rings (SSSR count). The lowest BCUT2D eigenvalue weighted by atomic mass is 10.1. The number of aromatic nitrogens is 1. The number of nitrogens with zero attached hydrogens (tertiary/aromatic N) is 1. The predicted molar refractivity (Wildman–Crippen MR) is 102 cm³/mol. The zero-order chi connectivity index (χ0) is 22.1. The summed E-state index contributed by atoms with van der Waals surface area (Å²) in [7, 11) is 2.95. The lowest BCUT2D eigenvalue weighted by Crippen LogP contribution is -2.05. The van der Waals surface area contributed by atoms with E-state index in [1.165, 1.54) is 29.4 Å². The second kappa shape index (κ2) is 8.65. The van der Waals surface area contributed by atoms with Crippen molar-refractivity contribution in [3.8, 4) is 17.0 Å². The fourth-order valence-electron chi connectivity index (χ4n) is 2.97. The van der Waals surface area contributed by atoms with Crippen molar-refractivity contribution >= 4 is 11.9 Å². The maximum Gasteiger partial charge on any atom is 0.416 e. The Labute approximate surface area is 172 Å². The maximum absolute atomic E-state index is 14.5. The van der Waals surface area contributed by atoms with Gasteiger partial charge in [0.2, 0.25) is 0 Å². The monoisotopic (exact) mass is 446 g/mol. The molecule has 0 bridgehead atoms. The summed E-state index contributed by atoms with van der Waals surface area (Å²) >= 11 is 0.819. The lowest BCUT2D eigenvalue weighted by Gasteiger charge is -2.13. The average molecular weight is 446 g/mol. The number of alkyl halides is 3. The molecule has 1 aromatic heterocycles. The van der Waals surface area contributed by atoms with Crippen molar-refractivity contribution < 1.29 is 31.1 Å². The van der Waals surface area contributed by atoms with E-state index < -0.39 is 34.8 Å². The first kappa shape index (κ1) is 22.1. The normalized spacial score (nSPS) is 11.7. The van der Waals surface area contributed by atoms with E-state index in [2.05, 4.69) is 5.32 Å². The van der Waals surface area contributed by atoms with Crippen molar-refractivity contribution in [1.82, 2.24) is 9.29 Å². The Morgan fingerprint density at radius 1 is 1.07 bits per heavy atom. The van der Waals surface area contributed by atoms with Crippen LogP contribution in [0.2, 0.25) is 0 Å². The summed E-state index contributed by atoms with van der Waals surface area (Å²) in [4.78, 5) is 0.183. The molecule has 0 aliphatic heterocycles. The third-order valence-electron chi connectivity index (χ3n) is 4.18. The summed E-state index contributed by atoms with van der Waals surface area (Å²) < 4.78 is 88.2. The van der Waals surface area contributed by atoms with Crippen LogP contribution in [0.5, 0.6) is 5.75 Å². The van der Waals surface area contributed by atoms with Crippen molar-refractivity contribution in [3.63, 3.8) is 0 Å². The molecule has 0 unspecified atom stereocenters. The minimum atomic E-state index is -4.54. The third-order valence-corrected chi connectivity index (χ3v) is 5.13. The van der Waals surface area contributed by atoms with Gasteiger partial charge in [-0.1, -0.05) is 6.07 Å². The Balaban J connectivity index is 2.18. The summed E-state index contributed by atoms with van der Waals surface area (Å²) in [5.41, 5.74) is -0.962. The molecule has 1 N–H and O–H groups in total. The highest BCUT2D eigenvalue weighted by molar-refractivity contribution is 7.98. The van der Waals surface area contributed by atoms with Crippen LogP contribution in [0, 0.1) is 17.5 Å². The molecule has 1 heterocycles. The van der Waals surface area contributed by atoms with Gasteiger partial charge >= 0.3 is 6.18 Å². The van der Waals surface area contributed by atoms with Crippen molar-refractivity contribution in [3.05, 3.63) is 71.2 Å². The van der Waals surface area contributed by atoms with Crippen LogP contribution in [0.4, 0.5) is 26.3 Å². The highest BCUT2D eigenvalue weighted by Crippen LogP contribution is 2.42. The first-order valence-electron chi connectivity index (χ1n) is 8.59. The largest absolute Gasteiger partial charge is 0.494 e. The van der Waals surface area contributed by atoms with Crippen LogP contribution in [0.3, 0.4) is 0 Å². The van der Waals surface area contributed by atoms with E-state index in [-0.39, 0.29) is 22.9 Å². The summed E-state index contributed by atoms with van der Waals surface area (Å²) in [5, 5.41) is 2.88. The molecular formula is C20H16F6N2OS. The highest BCUT2D eigenvalue weighted by Gasteiger charge is 2.31. The van der Waals surface area contributed by atoms with E-state index in [0.717, 1.165) is 24.1 Å². The molecule has 0 saturated heterocycles. The van der Waals surface area contributed by atoms with Gasteiger partial charge in [-0.2, -0.15) is 13.2 Å². The number of hydrogen-bond acceptors (Lipinski definition) is 3. The molecule has 0 aliphatic carbocycles. The maximum atomic E-state index is 14.5. The highest BCUT2D eigenvalue weighted by atomic mass is 32.2. The van der Waals surface area contributed by atoms with Crippen LogP contribution >= 0.6 is 11.9 Å². The van der Waals surface area contributed by atoms with Crippen LogP contribution < -0.4 is 10.1 Å². The molecule has 160 valence electrons. The van der Waals surface area contributed by atoms with Gasteiger partial charge < -0.3 is 10.1 Å². The molecule has 2 aromatic carbocycles. The minimum absolute atomic E-state index is 0.0693. The molecular weight excluding hydrogens is 430 g/mol. The molecule has 0 aliphatic rings. The summed E-state index contributed by atoms with van der Waals surface area (Å²) in [6, 6.07) is 5.58. The second-order valence-corrected chi connectivity index (χ2v) is 7.30. The van der Waals surface area contributed by atoms with E-state index in [4.69, 9.17) is 4.74 Å². The Bertz CT molecular complexity index is 1040.